The number of hydrogen-bond donors (Lipinski definition) is 2. The van der Waals surface area contributed by atoms with Crippen LogP contribution in [0.1, 0.15) is 45.6 Å². The van der Waals surface area contributed by atoms with Gasteiger partial charge >= 0.3 is 0 Å². The Morgan fingerprint density at radius 3 is 2.60 bits per heavy atom. The second-order valence-corrected chi connectivity index (χ2v) is 5.15. The smallest absolute Gasteiger partial charge is 0.170 e. The van der Waals surface area contributed by atoms with E-state index in [1.807, 2.05) is 18.7 Å². The molecule has 0 spiro atoms. The molecule has 0 heterocycles. The van der Waals surface area contributed by atoms with Gasteiger partial charge in [-0.25, -0.2) is 4.39 Å². The number of rotatable bonds is 7. The van der Waals surface area contributed by atoms with Crippen molar-refractivity contribution in [3.63, 3.8) is 0 Å². The maximum absolute atomic E-state index is 14.2. The zero-order valence-corrected chi connectivity index (χ0v) is 12.4. The first-order valence-electron chi connectivity index (χ1n) is 7.05. The Bertz CT molecular complexity index is 460. The highest BCUT2D eigenvalue weighted by atomic mass is 19.1. The lowest BCUT2D eigenvalue weighted by Crippen LogP contribution is -2.32. The largest absolute Gasteiger partial charge is 0.409 e. The Labute approximate surface area is 120 Å². The summed E-state index contributed by atoms with van der Waals surface area (Å²) in [6, 6.07) is 4.88. The Kier molecular flexibility index (Phi) is 6.28. The molecule has 112 valence electrons. The molecule has 0 unspecified atom stereocenters. The fourth-order valence-electron chi connectivity index (χ4n) is 2.15. The van der Waals surface area contributed by atoms with E-state index in [4.69, 9.17) is 10.9 Å². The van der Waals surface area contributed by atoms with Gasteiger partial charge in [0.25, 0.3) is 0 Å². The number of halogens is 1. The van der Waals surface area contributed by atoms with Crippen molar-refractivity contribution in [2.45, 2.75) is 46.1 Å². The van der Waals surface area contributed by atoms with Gasteiger partial charge in [-0.15, -0.1) is 0 Å². The summed E-state index contributed by atoms with van der Waals surface area (Å²) in [5, 5.41) is 11.5. The van der Waals surface area contributed by atoms with Gasteiger partial charge in [0, 0.05) is 18.2 Å². The van der Waals surface area contributed by atoms with Crippen LogP contribution in [0.3, 0.4) is 0 Å². The molecule has 0 fully saturated rings. The highest BCUT2D eigenvalue weighted by Gasteiger charge is 2.15. The average Bonchev–Trinajstić information content (AvgIpc) is 2.43. The summed E-state index contributed by atoms with van der Waals surface area (Å²) in [6.07, 6.45) is 3.31. The van der Waals surface area contributed by atoms with E-state index >= 15 is 0 Å². The van der Waals surface area contributed by atoms with Crippen LogP contribution in [-0.4, -0.2) is 23.6 Å². The van der Waals surface area contributed by atoms with Crippen LogP contribution in [-0.2, 0) is 0 Å². The van der Waals surface area contributed by atoms with Gasteiger partial charge in [-0.3, -0.25) is 0 Å². The molecule has 0 aliphatic rings. The maximum atomic E-state index is 14.2. The number of anilines is 1. The van der Waals surface area contributed by atoms with Crippen molar-refractivity contribution in [3.8, 4) is 0 Å². The van der Waals surface area contributed by atoms with Crippen LogP contribution in [0, 0.1) is 5.82 Å². The molecule has 1 aromatic rings. The standard InChI is InChI=1S/C15H24FN3O/c1-4-5-6-9-19(11(2)3)14-8-7-12(10-13(14)16)15(17)18-20/h7-8,10-11,20H,4-6,9H2,1-3H3,(H2,17,18). The SMILES string of the molecule is CCCCCN(c1ccc(C(N)=NO)cc1F)C(C)C. The molecule has 0 saturated carbocycles. The molecule has 1 aromatic carbocycles. The molecule has 0 atom stereocenters. The predicted octanol–water partition coefficient (Wildman–Crippen LogP) is 3.33. The summed E-state index contributed by atoms with van der Waals surface area (Å²) in [6.45, 7) is 7.06. The summed E-state index contributed by atoms with van der Waals surface area (Å²) in [7, 11) is 0. The topological polar surface area (TPSA) is 61.8 Å². The Hall–Kier alpha value is -1.78. The van der Waals surface area contributed by atoms with Crippen molar-refractivity contribution in [3.05, 3.63) is 29.6 Å². The number of nitrogens with zero attached hydrogens (tertiary/aromatic N) is 2. The summed E-state index contributed by atoms with van der Waals surface area (Å²) in [5.41, 5.74) is 6.41. The minimum Gasteiger partial charge on any atom is -0.409 e. The fourth-order valence-corrected chi connectivity index (χ4v) is 2.15. The third-order valence-electron chi connectivity index (χ3n) is 3.29. The van der Waals surface area contributed by atoms with Crippen molar-refractivity contribution in [2.24, 2.45) is 10.9 Å². The van der Waals surface area contributed by atoms with E-state index in [1.165, 1.54) is 6.07 Å². The van der Waals surface area contributed by atoms with Gasteiger partial charge in [-0.2, -0.15) is 0 Å². The second-order valence-electron chi connectivity index (χ2n) is 5.15. The summed E-state index contributed by atoms with van der Waals surface area (Å²) in [4.78, 5) is 2.04. The average molecular weight is 281 g/mol. The van der Waals surface area contributed by atoms with E-state index < -0.39 is 0 Å². The van der Waals surface area contributed by atoms with Gasteiger partial charge in [-0.05, 0) is 38.5 Å². The first kappa shape index (κ1) is 16.3. The van der Waals surface area contributed by atoms with E-state index in [-0.39, 0.29) is 17.7 Å². The van der Waals surface area contributed by atoms with Crippen molar-refractivity contribution >= 4 is 11.5 Å². The lowest BCUT2D eigenvalue weighted by Gasteiger charge is -2.29. The molecule has 5 heteroatoms. The molecule has 0 saturated heterocycles. The predicted molar refractivity (Wildman–Crippen MR) is 80.9 cm³/mol. The molecule has 0 radical (unpaired) electrons. The Balaban J connectivity index is 2.97. The van der Waals surface area contributed by atoms with Crippen LogP contribution in [0.15, 0.2) is 23.4 Å². The maximum Gasteiger partial charge on any atom is 0.170 e. The van der Waals surface area contributed by atoms with Crippen molar-refractivity contribution in [2.75, 3.05) is 11.4 Å². The first-order chi connectivity index (χ1) is 9.51. The van der Waals surface area contributed by atoms with Gasteiger partial charge in [0.2, 0.25) is 0 Å². The highest BCUT2D eigenvalue weighted by molar-refractivity contribution is 5.97. The third kappa shape index (κ3) is 4.11. The van der Waals surface area contributed by atoms with Gasteiger partial charge in [0.15, 0.2) is 5.84 Å². The molecular weight excluding hydrogens is 257 g/mol. The number of hydrogen-bond acceptors (Lipinski definition) is 3. The van der Waals surface area contributed by atoms with Crippen LogP contribution in [0.25, 0.3) is 0 Å². The van der Waals surface area contributed by atoms with Gasteiger partial charge in [0.05, 0.1) is 5.69 Å². The molecule has 0 aliphatic heterocycles. The van der Waals surface area contributed by atoms with Crippen molar-refractivity contribution in [1.29, 1.82) is 0 Å². The Morgan fingerprint density at radius 2 is 2.10 bits per heavy atom. The summed E-state index contributed by atoms with van der Waals surface area (Å²) in [5.74, 6) is -0.433. The third-order valence-corrected chi connectivity index (χ3v) is 3.29. The first-order valence-corrected chi connectivity index (χ1v) is 7.05. The second kappa shape index (κ2) is 7.72. The highest BCUT2D eigenvalue weighted by Crippen LogP contribution is 2.23. The summed E-state index contributed by atoms with van der Waals surface area (Å²) >= 11 is 0. The summed E-state index contributed by atoms with van der Waals surface area (Å²) < 4.78 is 14.2. The lowest BCUT2D eigenvalue weighted by atomic mass is 10.1. The zero-order chi connectivity index (χ0) is 15.1. The van der Waals surface area contributed by atoms with Crippen LogP contribution < -0.4 is 10.6 Å². The Morgan fingerprint density at radius 1 is 1.40 bits per heavy atom. The van der Waals surface area contributed by atoms with E-state index in [0.717, 1.165) is 25.8 Å². The number of unbranched alkanes of at least 4 members (excludes halogenated alkanes) is 2. The monoisotopic (exact) mass is 281 g/mol. The van der Waals surface area contributed by atoms with Gasteiger partial charge in [0.1, 0.15) is 5.82 Å². The van der Waals surface area contributed by atoms with Gasteiger partial charge in [-0.1, -0.05) is 24.9 Å². The quantitative estimate of drug-likeness (QED) is 0.265. The molecule has 20 heavy (non-hydrogen) atoms. The van der Waals surface area contributed by atoms with E-state index in [1.54, 1.807) is 12.1 Å². The van der Waals surface area contributed by atoms with Gasteiger partial charge < -0.3 is 15.8 Å². The van der Waals surface area contributed by atoms with E-state index in [9.17, 15) is 4.39 Å². The minimum absolute atomic E-state index is 0.0856. The molecule has 4 nitrogen and oxygen atoms in total. The molecule has 0 aromatic heterocycles. The molecule has 0 amide bonds. The van der Waals surface area contributed by atoms with Crippen LogP contribution in [0.2, 0.25) is 0 Å². The van der Waals surface area contributed by atoms with E-state index in [0.29, 0.717) is 11.3 Å². The number of benzene rings is 1. The zero-order valence-electron chi connectivity index (χ0n) is 12.4. The number of oxime groups is 1. The van der Waals surface area contributed by atoms with E-state index in [2.05, 4.69) is 12.1 Å². The normalized spacial score (nSPS) is 11.9. The van der Waals surface area contributed by atoms with Crippen molar-refractivity contribution in [1.82, 2.24) is 0 Å². The van der Waals surface area contributed by atoms with Crippen LogP contribution in [0.5, 0.6) is 0 Å². The molecule has 0 bridgehead atoms. The van der Waals surface area contributed by atoms with Crippen LogP contribution >= 0.6 is 0 Å². The molecule has 1 rings (SSSR count). The number of amidine groups is 1. The molecule has 3 N–H and O–H groups in total. The minimum atomic E-state index is -0.348. The van der Waals surface area contributed by atoms with Crippen molar-refractivity contribution < 1.29 is 9.60 Å². The fraction of sp³-hybridized carbons (Fsp3) is 0.533. The lowest BCUT2D eigenvalue weighted by molar-refractivity contribution is 0.318. The van der Waals surface area contributed by atoms with Crippen LogP contribution in [0.4, 0.5) is 10.1 Å². The number of nitrogens with two attached hydrogens (primary N) is 1. The molecular formula is C15H24FN3O. The molecule has 0 aliphatic carbocycles.